The summed E-state index contributed by atoms with van der Waals surface area (Å²) in [5.74, 6) is -0.621. The second kappa shape index (κ2) is 5.83. The molecule has 1 amide bonds. The van der Waals surface area contributed by atoms with E-state index in [4.69, 9.17) is 11.6 Å². The Morgan fingerprint density at radius 3 is 2.76 bits per heavy atom. The van der Waals surface area contributed by atoms with Crippen molar-refractivity contribution < 1.29 is 18.0 Å². The highest BCUT2D eigenvalue weighted by atomic mass is 35.5. The molecule has 2 N–H and O–H groups in total. The Kier molecular flexibility index (Phi) is 4.71. The number of hydrogen-bond acceptors (Lipinski definition) is 3. The molecule has 0 saturated carbocycles. The summed E-state index contributed by atoms with van der Waals surface area (Å²) >= 11 is 5.65. The van der Waals surface area contributed by atoms with Crippen molar-refractivity contribution in [1.29, 1.82) is 0 Å². The molecule has 0 aliphatic heterocycles. The van der Waals surface area contributed by atoms with Crippen molar-refractivity contribution in [2.45, 2.75) is 6.18 Å². The molecule has 0 spiro atoms. The van der Waals surface area contributed by atoms with E-state index in [2.05, 4.69) is 10.3 Å². The van der Waals surface area contributed by atoms with Crippen LogP contribution in [0.2, 0.25) is 5.15 Å². The van der Waals surface area contributed by atoms with Gasteiger partial charge in [-0.25, -0.2) is 4.98 Å². The highest BCUT2D eigenvalue weighted by molar-refractivity contribution is 6.32. The van der Waals surface area contributed by atoms with Gasteiger partial charge < -0.3 is 10.6 Å². The van der Waals surface area contributed by atoms with Gasteiger partial charge in [0.25, 0.3) is 0 Å². The molecule has 17 heavy (non-hydrogen) atoms. The number of carbonyl (C=O) groups excluding carboxylic acids is 1. The lowest BCUT2D eigenvalue weighted by Gasteiger charge is -2.09. The Labute approximate surface area is 100 Å². The van der Waals surface area contributed by atoms with Gasteiger partial charge in [0.1, 0.15) is 0 Å². The van der Waals surface area contributed by atoms with Crippen LogP contribution < -0.4 is 10.6 Å². The van der Waals surface area contributed by atoms with Crippen molar-refractivity contribution in [3.63, 3.8) is 0 Å². The Morgan fingerprint density at radius 1 is 1.47 bits per heavy atom. The van der Waals surface area contributed by atoms with Crippen LogP contribution in [0.4, 0.5) is 18.9 Å². The minimum Gasteiger partial charge on any atom is -0.322 e. The van der Waals surface area contributed by atoms with Crippen molar-refractivity contribution >= 4 is 23.2 Å². The molecule has 0 aromatic carbocycles. The Bertz CT molecular complexity index is 397. The summed E-state index contributed by atoms with van der Waals surface area (Å²) in [4.78, 5) is 14.9. The summed E-state index contributed by atoms with van der Waals surface area (Å²) in [5, 5.41) is 4.38. The van der Waals surface area contributed by atoms with Crippen LogP contribution in [0, 0.1) is 0 Å². The van der Waals surface area contributed by atoms with Gasteiger partial charge in [-0.3, -0.25) is 4.79 Å². The first kappa shape index (κ1) is 13.7. The predicted octanol–water partition coefficient (Wildman–Crippen LogP) is 1.83. The summed E-state index contributed by atoms with van der Waals surface area (Å²) in [6, 6.07) is 3.04. The molecule has 0 bridgehead atoms. The third-order valence-corrected chi connectivity index (χ3v) is 1.95. The van der Waals surface area contributed by atoms with Gasteiger partial charge in [0.2, 0.25) is 5.91 Å². The molecule has 0 aliphatic carbocycles. The standard InChI is InChI=1S/C9H9ClF3N3O/c10-8-6(2-1-3-15-8)16-7(17)4-14-5-9(11,12)13/h1-3,14H,4-5H2,(H,16,17). The van der Waals surface area contributed by atoms with E-state index in [-0.39, 0.29) is 10.8 Å². The molecule has 4 nitrogen and oxygen atoms in total. The molecule has 1 heterocycles. The molecule has 0 radical (unpaired) electrons. The van der Waals surface area contributed by atoms with Crippen molar-refractivity contribution in [3.8, 4) is 0 Å². The van der Waals surface area contributed by atoms with E-state index in [1.807, 2.05) is 5.32 Å². The van der Waals surface area contributed by atoms with Crippen LogP contribution in [-0.4, -0.2) is 30.2 Å². The van der Waals surface area contributed by atoms with E-state index in [0.717, 1.165) is 0 Å². The maximum atomic E-state index is 11.8. The summed E-state index contributed by atoms with van der Waals surface area (Å²) in [6.07, 6.45) is -2.91. The van der Waals surface area contributed by atoms with E-state index < -0.39 is 25.2 Å². The molecule has 94 valence electrons. The Morgan fingerprint density at radius 2 is 2.18 bits per heavy atom. The van der Waals surface area contributed by atoms with Gasteiger partial charge in [0.15, 0.2) is 5.15 Å². The van der Waals surface area contributed by atoms with Crippen molar-refractivity contribution in [3.05, 3.63) is 23.5 Å². The lowest BCUT2D eigenvalue weighted by molar-refractivity contribution is -0.126. The fraction of sp³-hybridized carbons (Fsp3) is 0.333. The SMILES string of the molecule is O=C(CNCC(F)(F)F)Nc1cccnc1Cl. The first-order valence-electron chi connectivity index (χ1n) is 4.56. The van der Waals surface area contributed by atoms with E-state index in [9.17, 15) is 18.0 Å². The molecule has 0 saturated heterocycles. The molecule has 8 heteroatoms. The van der Waals surface area contributed by atoms with Crippen LogP contribution in [-0.2, 0) is 4.79 Å². The summed E-state index contributed by atoms with van der Waals surface area (Å²) in [7, 11) is 0. The van der Waals surface area contributed by atoms with Crippen LogP contribution in [0.5, 0.6) is 0 Å². The number of rotatable bonds is 4. The van der Waals surface area contributed by atoms with Gasteiger partial charge in [0.05, 0.1) is 18.8 Å². The minimum absolute atomic E-state index is 0.0803. The van der Waals surface area contributed by atoms with Gasteiger partial charge in [-0.1, -0.05) is 11.6 Å². The first-order valence-corrected chi connectivity index (χ1v) is 4.94. The van der Waals surface area contributed by atoms with E-state index in [1.54, 1.807) is 6.07 Å². The van der Waals surface area contributed by atoms with Crippen LogP contribution in [0.3, 0.4) is 0 Å². The maximum Gasteiger partial charge on any atom is 0.401 e. The molecular formula is C9H9ClF3N3O. The maximum absolute atomic E-state index is 11.8. The van der Waals surface area contributed by atoms with E-state index >= 15 is 0 Å². The number of nitrogens with one attached hydrogen (secondary N) is 2. The first-order chi connectivity index (χ1) is 7.88. The molecule has 1 aromatic rings. The number of halogens is 4. The lowest BCUT2D eigenvalue weighted by atomic mass is 10.4. The number of carbonyl (C=O) groups is 1. The van der Waals surface area contributed by atoms with E-state index in [0.29, 0.717) is 0 Å². The number of amides is 1. The third-order valence-electron chi connectivity index (χ3n) is 1.64. The van der Waals surface area contributed by atoms with Crippen molar-refractivity contribution in [1.82, 2.24) is 10.3 Å². The molecule has 1 rings (SSSR count). The second-order valence-corrected chi connectivity index (χ2v) is 3.47. The minimum atomic E-state index is -4.34. The zero-order chi connectivity index (χ0) is 12.9. The Balaban J connectivity index is 2.38. The molecule has 0 aliphatic rings. The van der Waals surface area contributed by atoms with Gasteiger partial charge in [-0.15, -0.1) is 0 Å². The number of nitrogens with zero attached hydrogens (tertiary/aromatic N) is 1. The monoisotopic (exact) mass is 267 g/mol. The predicted molar refractivity (Wildman–Crippen MR) is 56.8 cm³/mol. The van der Waals surface area contributed by atoms with Gasteiger partial charge in [-0.05, 0) is 12.1 Å². The number of aromatic nitrogens is 1. The number of pyridine rings is 1. The highest BCUT2D eigenvalue weighted by Crippen LogP contribution is 2.17. The zero-order valence-electron chi connectivity index (χ0n) is 8.51. The quantitative estimate of drug-likeness (QED) is 0.819. The molecule has 0 unspecified atom stereocenters. The summed E-state index contributed by atoms with van der Waals surface area (Å²) < 4.78 is 35.3. The normalized spacial score (nSPS) is 11.3. The number of hydrogen-bond donors (Lipinski definition) is 2. The number of anilines is 1. The third kappa shape index (κ3) is 5.50. The molecule has 0 fully saturated rings. The average molecular weight is 268 g/mol. The Hall–Kier alpha value is -1.34. The molecular weight excluding hydrogens is 259 g/mol. The topological polar surface area (TPSA) is 54.0 Å². The van der Waals surface area contributed by atoms with Crippen LogP contribution >= 0.6 is 11.6 Å². The summed E-state index contributed by atoms with van der Waals surface area (Å²) in [6.45, 7) is -1.67. The largest absolute Gasteiger partial charge is 0.401 e. The van der Waals surface area contributed by atoms with Gasteiger partial charge >= 0.3 is 6.18 Å². The van der Waals surface area contributed by atoms with Crippen molar-refractivity contribution in [2.24, 2.45) is 0 Å². The highest BCUT2D eigenvalue weighted by Gasteiger charge is 2.26. The average Bonchev–Trinajstić information content (AvgIpc) is 2.19. The molecule has 0 atom stereocenters. The smallest absolute Gasteiger partial charge is 0.322 e. The molecule has 1 aromatic heterocycles. The van der Waals surface area contributed by atoms with Crippen molar-refractivity contribution in [2.75, 3.05) is 18.4 Å². The lowest BCUT2D eigenvalue weighted by Crippen LogP contribution is -2.35. The summed E-state index contributed by atoms with van der Waals surface area (Å²) in [5.41, 5.74) is 0.257. The van der Waals surface area contributed by atoms with Crippen LogP contribution in [0.25, 0.3) is 0 Å². The fourth-order valence-corrected chi connectivity index (χ4v) is 1.16. The van der Waals surface area contributed by atoms with Crippen LogP contribution in [0.1, 0.15) is 0 Å². The van der Waals surface area contributed by atoms with E-state index in [1.165, 1.54) is 12.3 Å². The fourth-order valence-electron chi connectivity index (χ4n) is 0.991. The zero-order valence-corrected chi connectivity index (χ0v) is 9.27. The van der Waals surface area contributed by atoms with Gasteiger partial charge in [-0.2, -0.15) is 13.2 Å². The second-order valence-electron chi connectivity index (χ2n) is 3.11. The number of alkyl halides is 3. The van der Waals surface area contributed by atoms with Crippen LogP contribution in [0.15, 0.2) is 18.3 Å². The van der Waals surface area contributed by atoms with Gasteiger partial charge in [0, 0.05) is 6.20 Å².